The van der Waals surface area contributed by atoms with E-state index in [2.05, 4.69) is 18.8 Å². The summed E-state index contributed by atoms with van der Waals surface area (Å²) in [6, 6.07) is 0. The van der Waals surface area contributed by atoms with E-state index in [-0.39, 0.29) is 17.4 Å². The number of aromatic nitrogens is 2. The zero-order valence-electron chi connectivity index (χ0n) is 11.8. The molecule has 1 aromatic rings. The summed E-state index contributed by atoms with van der Waals surface area (Å²) in [5.41, 5.74) is -0.194. The fourth-order valence-corrected chi connectivity index (χ4v) is 3.36. The van der Waals surface area contributed by atoms with Crippen molar-refractivity contribution in [1.82, 2.24) is 9.55 Å². The molecule has 0 unspecified atom stereocenters. The van der Waals surface area contributed by atoms with Crippen LogP contribution in [0.4, 0.5) is 0 Å². The Balaban J connectivity index is 2.03. The number of carbonyl (C=O) groups is 1. The van der Waals surface area contributed by atoms with Crippen LogP contribution < -0.4 is 5.56 Å². The van der Waals surface area contributed by atoms with Gasteiger partial charge in [-0.2, -0.15) is 0 Å². The molecule has 5 nitrogen and oxygen atoms in total. The minimum absolute atomic E-state index is 0.0719. The summed E-state index contributed by atoms with van der Waals surface area (Å²) < 4.78 is 1.68. The predicted octanol–water partition coefficient (Wildman–Crippen LogP) is 2.25. The van der Waals surface area contributed by atoms with Crippen LogP contribution in [0.15, 0.2) is 22.2 Å². The monoisotopic (exact) mass is 296 g/mol. The third kappa shape index (κ3) is 3.85. The maximum absolute atomic E-state index is 12.2. The Kier molecular flexibility index (Phi) is 4.52. The number of hydrogen-bond donors (Lipinski definition) is 1. The quantitative estimate of drug-likeness (QED) is 0.781. The first-order valence-corrected chi connectivity index (χ1v) is 7.80. The lowest BCUT2D eigenvalue weighted by atomic mass is 10.1. The van der Waals surface area contributed by atoms with Gasteiger partial charge in [0.05, 0.1) is 6.42 Å². The van der Waals surface area contributed by atoms with E-state index in [1.54, 1.807) is 17.0 Å². The SMILES string of the molecule is CC(C)Cn1ccnc(SCC2(CC(=O)O)CC2)c1=O. The van der Waals surface area contributed by atoms with Crippen LogP contribution in [0.3, 0.4) is 0 Å². The minimum Gasteiger partial charge on any atom is -0.481 e. The van der Waals surface area contributed by atoms with E-state index < -0.39 is 5.97 Å². The van der Waals surface area contributed by atoms with Crippen LogP contribution in [0.5, 0.6) is 0 Å². The molecule has 1 heterocycles. The Hall–Kier alpha value is -1.30. The molecular weight excluding hydrogens is 276 g/mol. The number of aliphatic carboxylic acids is 1. The molecule has 0 saturated heterocycles. The highest BCUT2D eigenvalue weighted by molar-refractivity contribution is 7.99. The van der Waals surface area contributed by atoms with E-state index in [0.29, 0.717) is 23.2 Å². The van der Waals surface area contributed by atoms with Gasteiger partial charge in [-0.15, -0.1) is 11.8 Å². The van der Waals surface area contributed by atoms with Crippen molar-refractivity contribution < 1.29 is 9.90 Å². The molecule has 0 amide bonds. The van der Waals surface area contributed by atoms with Crippen molar-refractivity contribution in [3.63, 3.8) is 0 Å². The zero-order chi connectivity index (χ0) is 14.8. The molecule has 0 aromatic carbocycles. The molecule has 0 spiro atoms. The highest BCUT2D eigenvalue weighted by Crippen LogP contribution is 2.51. The van der Waals surface area contributed by atoms with E-state index in [1.807, 2.05) is 0 Å². The second-order valence-corrected chi connectivity index (χ2v) is 6.91. The van der Waals surface area contributed by atoms with Crippen molar-refractivity contribution >= 4 is 17.7 Å². The van der Waals surface area contributed by atoms with Crippen LogP contribution in [-0.2, 0) is 11.3 Å². The van der Waals surface area contributed by atoms with E-state index >= 15 is 0 Å². The summed E-state index contributed by atoms with van der Waals surface area (Å²) in [6.07, 6.45) is 5.39. The third-order valence-electron chi connectivity index (χ3n) is 3.44. The van der Waals surface area contributed by atoms with Crippen LogP contribution >= 0.6 is 11.8 Å². The fourth-order valence-electron chi connectivity index (χ4n) is 2.15. The normalized spacial score (nSPS) is 16.4. The van der Waals surface area contributed by atoms with Gasteiger partial charge < -0.3 is 9.67 Å². The van der Waals surface area contributed by atoms with Gasteiger partial charge in [-0.3, -0.25) is 9.59 Å². The van der Waals surface area contributed by atoms with Gasteiger partial charge in [0.15, 0.2) is 5.03 Å². The van der Waals surface area contributed by atoms with Crippen LogP contribution in [0, 0.1) is 11.3 Å². The molecular formula is C14H20N2O3S. The molecule has 6 heteroatoms. The van der Waals surface area contributed by atoms with E-state index in [9.17, 15) is 9.59 Å². The molecule has 1 aliphatic carbocycles. The Morgan fingerprint density at radius 2 is 2.25 bits per heavy atom. The number of carboxylic acids is 1. The largest absolute Gasteiger partial charge is 0.481 e. The van der Waals surface area contributed by atoms with Gasteiger partial charge in [0.2, 0.25) is 0 Å². The molecule has 1 fully saturated rings. The molecule has 0 aliphatic heterocycles. The molecule has 0 bridgehead atoms. The number of nitrogens with zero attached hydrogens (tertiary/aromatic N) is 2. The lowest BCUT2D eigenvalue weighted by Gasteiger charge is -2.12. The van der Waals surface area contributed by atoms with Crippen molar-refractivity contribution in [3.05, 3.63) is 22.7 Å². The topological polar surface area (TPSA) is 72.2 Å². The van der Waals surface area contributed by atoms with E-state index in [0.717, 1.165) is 12.8 Å². The van der Waals surface area contributed by atoms with Gasteiger partial charge in [0.25, 0.3) is 5.56 Å². The summed E-state index contributed by atoms with van der Waals surface area (Å²) in [4.78, 5) is 27.2. The lowest BCUT2D eigenvalue weighted by Crippen LogP contribution is -2.24. The number of hydrogen-bond acceptors (Lipinski definition) is 4. The maximum atomic E-state index is 12.2. The molecule has 0 radical (unpaired) electrons. The number of carboxylic acid groups (broad SMARTS) is 1. The van der Waals surface area contributed by atoms with E-state index in [1.165, 1.54) is 11.8 Å². The first-order chi connectivity index (χ1) is 9.42. The van der Waals surface area contributed by atoms with Gasteiger partial charge in [-0.05, 0) is 24.2 Å². The smallest absolute Gasteiger partial charge is 0.303 e. The van der Waals surface area contributed by atoms with Crippen LogP contribution in [0.25, 0.3) is 0 Å². The molecule has 2 rings (SSSR count). The highest BCUT2D eigenvalue weighted by atomic mass is 32.2. The summed E-state index contributed by atoms with van der Waals surface area (Å²) in [7, 11) is 0. The molecule has 1 aliphatic rings. The zero-order valence-corrected chi connectivity index (χ0v) is 12.7. The number of rotatable bonds is 7. The Bertz CT molecular complexity index is 550. The third-order valence-corrected chi connectivity index (χ3v) is 4.75. The first kappa shape index (κ1) is 15.1. The molecule has 1 N–H and O–H groups in total. The van der Waals surface area contributed by atoms with Crippen molar-refractivity contribution in [3.8, 4) is 0 Å². The van der Waals surface area contributed by atoms with Crippen molar-refractivity contribution in [2.75, 3.05) is 5.75 Å². The van der Waals surface area contributed by atoms with Crippen molar-refractivity contribution in [1.29, 1.82) is 0 Å². The highest BCUT2D eigenvalue weighted by Gasteiger charge is 2.44. The van der Waals surface area contributed by atoms with Gasteiger partial charge in [0, 0.05) is 24.7 Å². The predicted molar refractivity (Wildman–Crippen MR) is 78.0 cm³/mol. The molecule has 20 heavy (non-hydrogen) atoms. The summed E-state index contributed by atoms with van der Waals surface area (Å²) in [5, 5.41) is 9.37. The molecule has 0 atom stereocenters. The average molecular weight is 296 g/mol. The second kappa shape index (κ2) is 5.99. The van der Waals surface area contributed by atoms with Crippen LogP contribution in [-0.4, -0.2) is 26.4 Å². The van der Waals surface area contributed by atoms with Gasteiger partial charge in [-0.1, -0.05) is 13.8 Å². The van der Waals surface area contributed by atoms with Gasteiger partial charge >= 0.3 is 5.97 Å². The Labute approximate surface area is 122 Å². The van der Waals surface area contributed by atoms with Gasteiger partial charge in [-0.25, -0.2) is 4.98 Å². The van der Waals surface area contributed by atoms with Crippen LogP contribution in [0.1, 0.15) is 33.1 Å². The molecule has 1 saturated carbocycles. The second-order valence-electron chi connectivity index (χ2n) is 5.94. The number of thioether (sulfide) groups is 1. The van der Waals surface area contributed by atoms with Gasteiger partial charge in [0.1, 0.15) is 0 Å². The van der Waals surface area contributed by atoms with Crippen molar-refractivity contribution in [2.45, 2.75) is 44.7 Å². The fraction of sp³-hybridized carbons (Fsp3) is 0.643. The minimum atomic E-state index is -0.763. The summed E-state index contributed by atoms with van der Waals surface area (Å²) in [6.45, 7) is 4.80. The molecule has 110 valence electrons. The van der Waals surface area contributed by atoms with Crippen LogP contribution in [0.2, 0.25) is 0 Å². The standard InChI is InChI=1S/C14H20N2O3S/c1-10(2)8-16-6-5-15-12(13(16)19)20-9-14(3-4-14)7-11(17)18/h5-6,10H,3-4,7-9H2,1-2H3,(H,17,18). The summed E-state index contributed by atoms with van der Waals surface area (Å²) >= 11 is 1.39. The first-order valence-electron chi connectivity index (χ1n) is 6.82. The lowest BCUT2D eigenvalue weighted by molar-refractivity contribution is -0.138. The Morgan fingerprint density at radius 1 is 1.55 bits per heavy atom. The average Bonchev–Trinajstić information content (AvgIpc) is 3.09. The van der Waals surface area contributed by atoms with Crippen molar-refractivity contribution in [2.24, 2.45) is 11.3 Å². The summed E-state index contributed by atoms with van der Waals surface area (Å²) in [5.74, 6) is 0.295. The Morgan fingerprint density at radius 3 is 2.80 bits per heavy atom. The maximum Gasteiger partial charge on any atom is 0.303 e. The molecule has 1 aromatic heterocycles. The van der Waals surface area contributed by atoms with E-state index in [4.69, 9.17) is 5.11 Å².